The van der Waals surface area contributed by atoms with Crippen LogP contribution in [0.3, 0.4) is 0 Å². The molecule has 4 fully saturated rings. The van der Waals surface area contributed by atoms with Crippen molar-refractivity contribution in [2.45, 2.75) is 12.8 Å². The van der Waals surface area contributed by atoms with Crippen molar-refractivity contribution >= 4 is 11.7 Å². The largest absolute Gasteiger partial charge is 0.307 e. The Bertz CT molecular complexity index is 522. The van der Waals surface area contributed by atoms with E-state index in [-0.39, 0.29) is 5.91 Å². The van der Waals surface area contributed by atoms with Gasteiger partial charge in [-0.1, -0.05) is 11.6 Å². The van der Waals surface area contributed by atoms with Gasteiger partial charge in [0.15, 0.2) is 0 Å². The lowest BCUT2D eigenvalue weighted by atomic mass is 9.65. The summed E-state index contributed by atoms with van der Waals surface area (Å²) in [5.41, 5.74) is 1.38. The fourth-order valence-electron chi connectivity index (χ4n) is 4.21. The molecule has 2 unspecified atom stereocenters. The van der Waals surface area contributed by atoms with E-state index in [0.717, 1.165) is 19.0 Å². The number of nitrogens with zero attached hydrogens (tertiary/aromatic N) is 2. The summed E-state index contributed by atoms with van der Waals surface area (Å²) < 4.78 is 0. The van der Waals surface area contributed by atoms with Crippen LogP contribution in [0.15, 0.2) is 36.0 Å². The van der Waals surface area contributed by atoms with Gasteiger partial charge in [-0.2, -0.15) is 0 Å². The Hall–Kier alpha value is -1.68. The van der Waals surface area contributed by atoms with Crippen molar-refractivity contribution in [3.63, 3.8) is 0 Å². The summed E-state index contributed by atoms with van der Waals surface area (Å²) >= 11 is 0. The fraction of sp³-hybridized carbons (Fsp3) is 0.500. The highest BCUT2D eigenvalue weighted by atomic mass is 16.1. The summed E-state index contributed by atoms with van der Waals surface area (Å²) in [5.74, 6) is 2.68. The van der Waals surface area contributed by atoms with Gasteiger partial charge >= 0.3 is 0 Å². The van der Waals surface area contributed by atoms with Crippen molar-refractivity contribution in [3.8, 4) is 0 Å². The number of amides is 1. The summed E-state index contributed by atoms with van der Waals surface area (Å²) in [6.07, 6.45) is 6.09. The highest BCUT2D eigenvalue weighted by Gasteiger charge is 2.44. The van der Waals surface area contributed by atoms with Crippen molar-refractivity contribution < 1.29 is 4.79 Å². The minimum atomic E-state index is -0.0267. The third-order valence-corrected chi connectivity index (χ3v) is 4.87. The van der Waals surface area contributed by atoms with E-state index in [9.17, 15) is 4.79 Å². The SMILES string of the molecule is O=C(C=C1C2CC3CC1CN(C3)C2)Nc1ccccn1. The first kappa shape index (κ1) is 12.1. The monoisotopic (exact) mass is 269 g/mol. The molecule has 20 heavy (non-hydrogen) atoms. The van der Waals surface area contributed by atoms with E-state index in [0.29, 0.717) is 17.7 Å². The van der Waals surface area contributed by atoms with Gasteiger partial charge in [0.1, 0.15) is 5.82 Å². The van der Waals surface area contributed by atoms with Gasteiger partial charge in [0, 0.05) is 31.9 Å². The van der Waals surface area contributed by atoms with E-state index in [1.165, 1.54) is 25.0 Å². The van der Waals surface area contributed by atoms with E-state index < -0.39 is 0 Å². The molecule has 0 radical (unpaired) electrons. The summed E-state index contributed by atoms with van der Waals surface area (Å²) in [5, 5.41) is 2.86. The van der Waals surface area contributed by atoms with E-state index >= 15 is 0 Å². The molecule has 4 heterocycles. The molecule has 0 spiro atoms. The van der Waals surface area contributed by atoms with Crippen LogP contribution >= 0.6 is 0 Å². The smallest absolute Gasteiger partial charge is 0.249 e. The average molecular weight is 269 g/mol. The van der Waals surface area contributed by atoms with Gasteiger partial charge in [-0.05, 0) is 42.7 Å². The van der Waals surface area contributed by atoms with Crippen LogP contribution in [0.2, 0.25) is 0 Å². The fourth-order valence-corrected chi connectivity index (χ4v) is 4.21. The lowest BCUT2D eigenvalue weighted by Crippen LogP contribution is -2.54. The summed E-state index contributed by atoms with van der Waals surface area (Å²) in [6.45, 7) is 3.58. The number of hydrogen-bond donors (Lipinski definition) is 1. The van der Waals surface area contributed by atoms with E-state index in [1.807, 2.05) is 24.3 Å². The Morgan fingerprint density at radius 2 is 2.05 bits per heavy atom. The maximum Gasteiger partial charge on any atom is 0.249 e. The predicted octanol–water partition coefficient (Wildman–Crippen LogP) is 1.92. The Balaban J connectivity index is 1.51. The van der Waals surface area contributed by atoms with Crippen LogP contribution in [0, 0.1) is 17.8 Å². The third kappa shape index (κ3) is 2.14. The quantitative estimate of drug-likeness (QED) is 0.834. The van der Waals surface area contributed by atoms with Gasteiger partial charge in [0.25, 0.3) is 0 Å². The zero-order valence-corrected chi connectivity index (χ0v) is 11.5. The van der Waals surface area contributed by atoms with Gasteiger partial charge in [0.05, 0.1) is 0 Å². The molecule has 3 aliphatic heterocycles. The number of nitrogens with one attached hydrogen (secondary N) is 1. The summed E-state index contributed by atoms with van der Waals surface area (Å²) in [6, 6.07) is 5.55. The molecule has 2 atom stereocenters. The van der Waals surface area contributed by atoms with Crippen molar-refractivity contribution in [1.82, 2.24) is 9.88 Å². The molecule has 4 heteroatoms. The third-order valence-electron chi connectivity index (χ3n) is 4.87. The molecule has 4 bridgehead atoms. The first-order valence-corrected chi connectivity index (χ1v) is 7.44. The number of carbonyl (C=O) groups excluding carboxylic acids is 1. The molecule has 1 aliphatic carbocycles. The van der Waals surface area contributed by atoms with Crippen LogP contribution < -0.4 is 5.32 Å². The normalized spacial score (nSPS) is 34.1. The molecule has 4 nitrogen and oxygen atoms in total. The molecular formula is C16H19N3O. The first-order valence-electron chi connectivity index (χ1n) is 7.44. The maximum atomic E-state index is 12.2. The van der Waals surface area contributed by atoms with Crippen LogP contribution in [-0.2, 0) is 4.79 Å². The molecule has 1 aromatic rings. The number of pyridine rings is 1. The Morgan fingerprint density at radius 1 is 1.25 bits per heavy atom. The van der Waals surface area contributed by atoms with Crippen LogP contribution in [0.5, 0.6) is 0 Å². The first-order chi connectivity index (χ1) is 9.78. The van der Waals surface area contributed by atoms with Gasteiger partial charge in [0.2, 0.25) is 5.91 Å². The molecule has 1 N–H and O–H groups in total. The molecule has 0 aromatic carbocycles. The number of anilines is 1. The molecule has 5 rings (SSSR count). The van der Waals surface area contributed by atoms with Crippen molar-refractivity contribution in [2.75, 3.05) is 25.0 Å². The molecular weight excluding hydrogens is 250 g/mol. The van der Waals surface area contributed by atoms with Crippen molar-refractivity contribution in [3.05, 3.63) is 36.0 Å². The molecule has 3 saturated heterocycles. The number of piperidine rings is 3. The minimum absolute atomic E-state index is 0.0267. The molecule has 4 aliphatic rings. The van der Waals surface area contributed by atoms with Gasteiger partial charge in [-0.25, -0.2) is 4.98 Å². The number of aromatic nitrogens is 1. The van der Waals surface area contributed by atoms with Crippen molar-refractivity contribution in [1.29, 1.82) is 0 Å². The standard InChI is InChI=1S/C16H19N3O/c20-16(18-15-3-1-2-4-17-15)7-14-12-5-11-6-13(14)10-19(8-11)9-12/h1-4,7,11-13H,5-6,8-10H2,(H,17,18,20). The van der Waals surface area contributed by atoms with E-state index in [4.69, 9.17) is 0 Å². The maximum absolute atomic E-state index is 12.2. The second kappa shape index (κ2) is 4.70. The average Bonchev–Trinajstić information content (AvgIpc) is 2.43. The van der Waals surface area contributed by atoms with Crippen LogP contribution in [-0.4, -0.2) is 35.4 Å². The highest BCUT2D eigenvalue weighted by molar-refractivity contribution is 5.99. The lowest BCUT2D eigenvalue weighted by Gasteiger charge is -2.53. The number of carbonyl (C=O) groups is 1. The Kier molecular flexibility index (Phi) is 2.84. The van der Waals surface area contributed by atoms with E-state index in [1.54, 1.807) is 6.20 Å². The zero-order valence-electron chi connectivity index (χ0n) is 11.5. The van der Waals surface area contributed by atoms with Gasteiger partial charge in [-0.3, -0.25) is 4.79 Å². The van der Waals surface area contributed by atoms with Crippen LogP contribution in [0.1, 0.15) is 12.8 Å². The second-order valence-electron chi connectivity index (χ2n) is 6.30. The number of rotatable bonds is 2. The summed E-state index contributed by atoms with van der Waals surface area (Å²) in [7, 11) is 0. The zero-order chi connectivity index (χ0) is 13.5. The lowest BCUT2D eigenvalue weighted by molar-refractivity contribution is -0.112. The molecule has 1 saturated carbocycles. The van der Waals surface area contributed by atoms with Gasteiger partial charge in [-0.15, -0.1) is 0 Å². The minimum Gasteiger partial charge on any atom is -0.307 e. The Morgan fingerprint density at radius 3 is 2.70 bits per heavy atom. The topological polar surface area (TPSA) is 45.2 Å². The summed E-state index contributed by atoms with van der Waals surface area (Å²) in [4.78, 5) is 18.9. The molecule has 104 valence electrons. The Labute approximate surface area is 118 Å². The predicted molar refractivity (Wildman–Crippen MR) is 77.1 cm³/mol. The van der Waals surface area contributed by atoms with Crippen LogP contribution in [0.4, 0.5) is 5.82 Å². The molecule has 1 amide bonds. The van der Waals surface area contributed by atoms with Gasteiger partial charge < -0.3 is 10.2 Å². The number of hydrogen-bond acceptors (Lipinski definition) is 3. The second-order valence-corrected chi connectivity index (χ2v) is 6.30. The highest BCUT2D eigenvalue weighted by Crippen LogP contribution is 2.46. The van der Waals surface area contributed by atoms with Crippen LogP contribution in [0.25, 0.3) is 0 Å². The molecule has 1 aromatic heterocycles. The van der Waals surface area contributed by atoms with E-state index in [2.05, 4.69) is 15.2 Å². The van der Waals surface area contributed by atoms with Crippen molar-refractivity contribution in [2.24, 2.45) is 17.8 Å².